The van der Waals surface area contributed by atoms with Gasteiger partial charge in [-0.2, -0.15) is 0 Å². The second-order valence-electron chi connectivity index (χ2n) is 14.4. The van der Waals surface area contributed by atoms with E-state index < -0.39 is 35.4 Å². The van der Waals surface area contributed by atoms with Crippen LogP contribution >= 0.6 is 0 Å². The predicted octanol–water partition coefficient (Wildman–Crippen LogP) is 3.60. The summed E-state index contributed by atoms with van der Waals surface area (Å²) in [6, 6.07) is 0. The Kier molecular flexibility index (Phi) is 6.10. The summed E-state index contributed by atoms with van der Waals surface area (Å²) in [5.74, 6) is 4.52. The topological polar surface area (TPSA) is 101 Å². The molecule has 0 unspecified atom stereocenters. The minimum Gasteiger partial charge on any atom is -0.393 e. The molecule has 0 bridgehead atoms. The van der Waals surface area contributed by atoms with Gasteiger partial charge in [0.05, 0.1) is 24.4 Å². The minimum atomic E-state index is -1.57. The fourth-order valence-corrected chi connectivity index (χ4v) is 10.6. The van der Waals surface area contributed by atoms with Gasteiger partial charge in [0.2, 0.25) is 0 Å². The Morgan fingerprint density at radius 2 is 1.47 bits per heavy atom. The highest BCUT2D eigenvalue weighted by Gasteiger charge is 2.72. The van der Waals surface area contributed by atoms with Gasteiger partial charge in [0.25, 0.3) is 0 Å². The fourth-order valence-electron chi connectivity index (χ4n) is 10.6. The average Bonchev–Trinajstić information content (AvgIpc) is 3.45. The number of hydrogen-bond donors (Lipinski definition) is 5. The summed E-state index contributed by atoms with van der Waals surface area (Å²) in [7, 11) is 0. The Labute approximate surface area is 206 Å². The zero-order chi connectivity index (χ0) is 25.0. The molecule has 0 amide bonds. The van der Waals surface area contributed by atoms with E-state index in [2.05, 4.69) is 34.6 Å². The van der Waals surface area contributed by atoms with Gasteiger partial charge in [-0.1, -0.05) is 41.5 Å². The third-order valence-corrected chi connectivity index (χ3v) is 12.9. The molecule has 0 aromatic carbocycles. The van der Waals surface area contributed by atoms with Gasteiger partial charge >= 0.3 is 0 Å². The van der Waals surface area contributed by atoms with E-state index in [-0.39, 0.29) is 30.1 Å². The van der Waals surface area contributed by atoms with Crippen molar-refractivity contribution in [3.8, 4) is 0 Å². The highest BCUT2D eigenvalue weighted by molar-refractivity contribution is 5.21. The summed E-state index contributed by atoms with van der Waals surface area (Å²) < 4.78 is 0. The van der Waals surface area contributed by atoms with E-state index >= 15 is 0 Å². The molecule has 0 spiro atoms. The first-order valence-electron chi connectivity index (χ1n) is 14.2. The highest BCUT2D eigenvalue weighted by Crippen LogP contribution is 2.70. The van der Waals surface area contributed by atoms with Crippen molar-refractivity contribution in [2.24, 2.45) is 64.1 Å². The van der Waals surface area contributed by atoms with Gasteiger partial charge in [0.15, 0.2) is 0 Å². The molecule has 0 radical (unpaired) electrons. The Hall–Kier alpha value is -0.200. The van der Waals surface area contributed by atoms with Gasteiger partial charge in [0, 0.05) is 11.8 Å². The molecule has 5 aliphatic carbocycles. The van der Waals surface area contributed by atoms with Crippen LogP contribution in [0.4, 0.5) is 0 Å². The molecule has 196 valence electrons. The number of fused-ring (bicyclic) bond motifs is 5. The SMILES string of the molecule is CC(C)[C@H](C)[C@H]1C[C@@H]1[C@@H](C)[C@H]1CC[C@H]2[C@@H]3C[C@@H](O)[C@@]4(O)C[C@@H](O)C[C@H](O)[C@]4(C)[C@H]3[C@H](O)C[C@]12C. The van der Waals surface area contributed by atoms with Gasteiger partial charge in [-0.05, 0) is 97.2 Å². The lowest BCUT2D eigenvalue weighted by molar-refractivity contribution is -0.310. The second kappa shape index (κ2) is 8.15. The average molecular weight is 479 g/mol. The summed E-state index contributed by atoms with van der Waals surface area (Å²) in [6.45, 7) is 13.8. The van der Waals surface area contributed by atoms with E-state index in [0.717, 1.165) is 30.1 Å². The van der Waals surface area contributed by atoms with E-state index in [0.29, 0.717) is 30.6 Å². The zero-order valence-electron chi connectivity index (χ0n) is 22.2. The van der Waals surface area contributed by atoms with Crippen LogP contribution in [0.3, 0.4) is 0 Å². The third kappa shape index (κ3) is 3.29. The van der Waals surface area contributed by atoms with Crippen LogP contribution in [-0.4, -0.2) is 55.5 Å². The smallest absolute Gasteiger partial charge is 0.101 e. The largest absolute Gasteiger partial charge is 0.393 e. The van der Waals surface area contributed by atoms with Crippen LogP contribution in [0, 0.1) is 64.1 Å². The van der Waals surface area contributed by atoms with E-state index in [1.165, 1.54) is 12.8 Å². The summed E-state index contributed by atoms with van der Waals surface area (Å²) >= 11 is 0. The molecule has 0 saturated heterocycles. The van der Waals surface area contributed by atoms with Crippen molar-refractivity contribution >= 4 is 0 Å². The zero-order valence-corrected chi connectivity index (χ0v) is 22.2. The van der Waals surface area contributed by atoms with Crippen molar-refractivity contribution in [1.82, 2.24) is 0 Å². The maximum Gasteiger partial charge on any atom is 0.101 e. The summed E-state index contributed by atoms with van der Waals surface area (Å²) in [5.41, 5.74) is -2.56. The molecule has 0 aromatic rings. The van der Waals surface area contributed by atoms with Crippen LogP contribution in [0.2, 0.25) is 0 Å². The van der Waals surface area contributed by atoms with Crippen LogP contribution in [0.1, 0.15) is 86.5 Å². The second-order valence-corrected chi connectivity index (χ2v) is 14.4. The maximum absolute atomic E-state index is 11.7. The number of hydrogen-bond acceptors (Lipinski definition) is 5. The maximum atomic E-state index is 11.7. The van der Waals surface area contributed by atoms with Crippen LogP contribution < -0.4 is 0 Å². The molecule has 5 rings (SSSR count). The Morgan fingerprint density at radius 3 is 2.12 bits per heavy atom. The number of aliphatic hydroxyl groups is 5. The lowest BCUT2D eigenvalue weighted by Gasteiger charge is -2.67. The van der Waals surface area contributed by atoms with Gasteiger partial charge in [-0.25, -0.2) is 0 Å². The van der Waals surface area contributed by atoms with Crippen LogP contribution in [-0.2, 0) is 0 Å². The molecular weight excluding hydrogens is 428 g/mol. The van der Waals surface area contributed by atoms with E-state index in [4.69, 9.17) is 0 Å². The Bertz CT molecular complexity index is 786. The minimum absolute atomic E-state index is 0.0267. The van der Waals surface area contributed by atoms with Gasteiger partial charge in [0.1, 0.15) is 5.60 Å². The molecule has 5 nitrogen and oxygen atoms in total. The number of aliphatic hydroxyl groups excluding tert-OH is 4. The molecule has 0 aromatic heterocycles. The number of rotatable bonds is 4. The van der Waals surface area contributed by atoms with Crippen LogP contribution in [0.15, 0.2) is 0 Å². The molecule has 34 heavy (non-hydrogen) atoms. The molecule has 5 saturated carbocycles. The predicted molar refractivity (Wildman–Crippen MR) is 132 cm³/mol. The van der Waals surface area contributed by atoms with Crippen LogP contribution in [0.5, 0.6) is 0 Å². The molecule has 5 heteroatoms. The molecule has 0 heterocycles. The Balaban J connectivity index is 1.42. The molecule has 5 fully saturated rings. The first-order chi connectivity index (χ1) is 15.8. The third-order valence-electron chi connectivity index (χ3n) is 12.9. The van der Waals surface area contributed by atoms with Crippen molar-refractivity contribution in [2.75, 3.05) is 0 Å². The highest BCUT2D eigenvalue weighted by atomic mass is 16.4. The van der Waals surface area contributed by atoms with E-state index in [1.54, 1.807) is 0 Å². The molecular formula is C29H50O5. The standard InChI is InChI=1S/C29H50O5/c1-14(2)15(3)18-10-19(18)16(4)21-7-8-22-20-11-25(33)29(34)12-17(30)9-24(32)28(29,6)26(20)23(31)13-27(21,22)5/h14-26,30-34H,7-13H2,1-6H3/t15-,16+,17-,18+,19+,20-,21+,22-,23+,24-,25+,26+,27+,28+,29-/m0/s1. The first-order valence-corrected chi connectivity index (χ1v) is 14.2. The first kappa shape index (κ1) is 25.4. The molecule has 5 aliphatic rings. The fraction of sp³-hybridized carbons (Fsp3) is 1.00. The van der Waals surface area contributed by atoms with Crippen molar-refractivity contribution in [2.45, 2.75) is 117 Å². The Morgan fingerprint density at radius 1 is 0.794 bits per heavy atom. The van der Waals surface area contributed by atoms with E-state index in [1.807, 2.05) is 6.92 Å². The summed E-state index contributed by atoms with van der Waals surface area (Å²) in [5, 5.41) is 56.2. The summed E-state index contributed by atoms with van der Waals surface area (Å²) in [4.78, 5) is 0. The van der Waals surface area contributed by atoms with Crippen molar-refractivity contribution < 1.29 is 25.5 Å². The quantitative estimate of drug-likeness (QED) is 0.425. The van der Waals surface area contributed by atoms with Gasteiger partial charge in [-0.3, -0.25) is 0 Å². The molecule has 15 atom stereocenters. The van der Waals surface area contributed by atoms with Gasteiger partial charge < -0.3 is 25.5 Å². The lowest BCUT2D eigenvalue weighted by Crippen LogP contribution is -2.74. The van der Waals surface area contributed by atoms with Crippen molar-refractivity contribution in [3.05, 3.63) is 0 Å². The van der Waals surface area contributed by atoms with Crippen LogP contribution in [0.25, 0.3) is 0 Å². The van der Waals surface area contributed by atoms with E-state index in [9.17, 15) is 25.5 Å². The molecule has 5 N–H and O–H groups in total. The van der Waals surface area contributed by atoms with Crippen molar-refractivity contribution in [3.63, 3.8) is 0 Å². The van der Waals surface area contributed by atoms with Gasteiger partial charge in [-0.15, -0.1) is 0 Å². The lowest BCUT2D eigenvalue weighted by atomic mass is 9.41. The summed E-state index contributed by atoms with van der Waals surface area (Å²) in [6.07, 6.45) is 1.66. The van der Waals surface area contributed by atoms with Crippen molar-refractivity contribution in [1.29, 1.82) is 0 Å². The molecule has 0 aliphatic heterocycles. The normalized spacial score (nSPS) is 58.6. The monoisotopic (exact) mass is 478 g/mol.